The van der Waals surface area contributed by atoms with Crippen LogP contribution in [0.1, 0.15) is 0 Å². The second-order valence-electron chi connectivity index (χ2n) is 3.29. The highest BCUT2D eigenvalue weighted by atomic mass is 32.2. The lowest BCUT2D eigenvalue weighted by atomic mass is 10.8. The highest BCUT2D eigenvalue weighted by Crippen LogP contribution is 2.27. The number of hydrogen-bond acceptors (Lipinski definition) is 8. The lowest BCUT2D eigenvalue weighted by Crippen LogP contribution is -2.15. The van der Waals surface area contributed by atoms with E-state index < -0.39 is 0 Å². The van der Waals surface area contributed by atoms with Crippen LogP contribution in [0.2, 0.25) is 0 Å². The van der Waals surface area contributed by atoms with E-state index >= 15 is 0 Å². The van der Waals surface area contributed by atoms with Gasteiger partial charge < -0.3 is 10.2 Å². The van der Waals surface area contributed by atoms with Gasteiger partial charge in [0.15, 0.2) is 4.34 Å². The molecule has 2 heterocycles. The normalized spacial score (nSPS) is 10.3. The molecular weight excluding hydrogens is 256 g/mol. The van der Waals surface area contributed by atoms with E-state index in [1.54, 1.807) is 24.6 Å². The van der Waals surface area contributed by atoms with E-state index in [1.165, 1.54) is 11.8 Å². The predicted molar refractivity (Wildman–Crippen MR) is 69.9 cm³/mol. The van der Waals surface area contributed by atoms with Crippen molar-refractivity contribution in [3.8, 4) is 0 Å². The van der Waals surface area contributed by atoms with E-state index in [9.17, 15) is 0 Å². The highest BCUT2D eigenvalue weighted by molar-refractivity contribution is 8.00. The van der Waals surface area contributed by atoms with Gasteiger partial charge in [0.05, 0.1) is 0 Å². The zero-order valence-corrected chi connectivity index (χ0v) is 11.3. The summed E-state index contributed by atoms with van der Waals surface area (Å²) in [5.41, 5.74) is 0. The molecule has 8 heteroatoms. The molecule has 0 spiro atoms. The summed E-state index contributed by atoms with van der Waals surface area (Å²) < 4.78 is 0.919. The second kappa shape index (κ2) is 5.28. The average Bonchev–Trinajstić information content (AvgIpc) is 2.81. The molecule has 0 aliphatic rings. The van der Waals surface area contributed by atoms with E-state index in [1.807, 2.05) is 24.4 Å². The molecule has 0 bridgehead atoms. The first-order valence-corrected chi connectivity index (χ1v) is 6.57. The summed E-state index contributed by atoms with van der Waals surface area (Å²) in [7, 11) is 5.58. The topological polar surface area (TPSA) is 66.8 Å². The summed E-state index contributed by atoms with van der Waals surface area (Å²) in [5, 5.41) is 5.49. The van der Waals surface area contributed by atoms with Crippen LogP contribution in [-0.2, 0) is 0 Å². The summed E-state index contributed by atoms with van der Waals surface area (Å²) in [5.74, 6) is 1.19. The molecular formula is C9H12N6S2. The summed E-state index contributed by atoms with van der Waals surface area (Å²) in [6.07, 6.45) is 1.76. The van der Waals surface area contributed by atoms with Crippen molar-refractivity contribution in [1.82, 2.24) is 19.9 Å². The van der Waals surface area contributed by atoms with Crippen LogP contribution in [0, 0.1) is 0 Å². The average molecular weight is 268 g/mol. The molecule has 0 saturated heterocycles. The third kappa shape index (κ3) is 3.04. The third-order valence-corrected chi connectivity index (χ3v) is 3.56. The maximum absolute atomic E-state index is 4.35. The van der Waals surface area contributed by atoms with Gasteiger partial charge in [-0.1, -0.05) is 0 Å². The van der Waals surface area contributed by atoms with Crippen molar-refractivity contribution in [3.63, 3.8) is 0 Å². The third-order valence-electron chi connectivity index (χ3n) is 1.81. The van der Waals surface area contributed by atoms with Gasteiger partial charge in [0.25, 0.3) is 0 Å². The molecule has 6 nitrogen and oxygen atoms in total. The molecule has 2 aromatic rings. The molecule has 0 saturated carbocycles. The van der Waals surface area contributed by atoms with Crippen LogP contribution in [0.3, 0.4) is 0 Å². The Bertz CT molecular complexity index is 484. The lowest BCUT2D eigenvalue weighted by molar-refractivity contribution is 0.869. The van der Waals surface area contributed by atoms with E-state index in [0.29, 0.717) is 17.1 Å². The van der Waals surface area contributed by atoms with Gasteiger partial charge in [-0.25, -0.2) is 4.98 Å². The zero-order valence-electron chi connectivity index (χ0n) is 9.71. The van der Waals surface area contributed by atoms with Crippen LogP contribution < -0.4 is 10.2 Å². The van der Waals surface area contributed by atoms with Gasteiger partial charge in [0, 0.05) is 32.7 Å². The molecule has 2 rings (SSSR count). The Balaban J connectivity index is 2.29. The SMILES string of the molecule is CNc1nc(Sc2nccs2)nc(N(C)C)n1. The van der Waals surface area contributed by atoms with Crippen LogP contribution in [0.25, 0.3) is 0 Å². The van der Waals surface area contributed by atoms with E-state index in [2.05, 4.69) is 25.3 Å². The van der Waals surface area contributed by atoms with Crippen molar-refractivity contribution >= 4 is 35.0 Å². The quantitative estimate of drug-likeness (QED) is 0.903. The van der Waals surface area contributed by atoms with Crippen LogP contribution in [0.5, 0.6) is 0 Å². The molecule has 2 aromatic heterocycles. The summed E-state index contributed by atoms with van der Waals surface area (Å²) in [6.45, 7) is 0. The number of hydrogen-bond donors (Lipinski definition) is 1. The Labute approximate surface area is 108 Å². The van der Waals surface area contributed by atoms with Crippen molar-refractivity contribution in [1.29, 1.82) is 0 Å². The van der Waals surface area contributed by atoms with Crippen molar-refractivity contribution in [2.45, 2.75) is 9.50 Å². The summed E-state index contributed by atoms with van der Waals surface area (Å²) in [6, 6.07) is 0. The molecule has 1 N–H and O–H groups in total. The molecule has 0 unspecified atom stereocenters. The number of aromatic nitrogens is 4. The van der Waals surface area contributed by atoms with E-state index in [-0.39, 0.29) is 0 Å². The molecule has 0 atom stereocenters. The monoisotopic (exact) mass is 268 g/mol. The molecule has 0 amide bonds. The van der Waals surface area contributed by atoms with Crippen molar-refractivity contribution in [3.05, 3.63) is 11.6 Å². The Morgan fingerprint density at radius 1 is 1.29 bits per heavy atom. The minimum absolute atomic E-state index is 0.558. The largest absolute Gasteiger partial charge is 0.357 e. The number of rotatable bonds is 4. The Morgan fingerprint density at radius 3 is 2.71 bits per heavy atom. The molecule has 0 fully saturated rings. The molecule has 17 heavy (non-hydrogen) atoms. The van der Waals surface area contributed by atoms with Gasteiger partial charge in [-0.2, -0.15) is 15.0 Å². The Kier molecular flexibility index (Phi) is 3.75. The van der Waals surface area contributed by atoms with Crippen LogP contribution in [-0.4, -0.2) is 41.1 Å². The van der Waals surface area contributed by atoms with E-state index in [4.69, 9.17) is 0 Å². The first-order chi connectivity index (χ1) is 8.19. The standard InChI is InChI=1S/C9H12N6S2/c1-10-6-12-7(15(2)3)14-8(13-6)17-9-11-4-5-16-9/h4-5H,1-3H3,(H,10,12,13,14). The lowest BCUT2D eigenvalue weighted by Gasteiger charge is -2.11. The molecule has 0 aromatic carbocycles. The molecule has 0 aliphatic heterocycles. The first kappa shape index (κ1) is 12.1. The smallest absolute Gasteiger partial charge is 0.230 e. The Hall–Kier alpha value is -1.41. The van der Waals surface area contributed by atoms with Crippen LogP contribution in [0.15, 0.2) is 21.1 Å². The number of nitrogens with zero attached hydrogens (tertiary/aromatic N) is 5. The Morgan fingerprint density at radius 2 is 2.12 bits per heavy atom. The minimum Gasteiger partial charge on any atom is -0.357 e. The van der Waals surface area contributed by atoms with Crippen molar-refractivity contribution in [2.75, 3.05) is 31.4 Å². The summed E-state index contributed by atoms with van der Waals surface area (Å²) >= 11 is 3.00. The maximum atomic E-state index is 4.35. The number of nitrogens with one attached hydrogen (secondary N) is 1. The van der Waals surface area contributed by atoms with Gasteiger partial charge in [0.2, 0.25) is 17.1 Å². The van der Waals surface area contributed by atoms with E-state index in [0.717, 1.165) is 4.34 Å². The fourth-order valence-corrected chi connectivity index (χ4v) is 2.51. The fourth-order valence-electron chi connectivity index (χ4n) is 1.04. The zero-order chi connectivity index (χ0) is 12.3. The van der Waals surface area contributed by atoms with Gasteiger partial charge in [0.1, 0.15) is 0 Å². The van der Waals surface area contributed by atoms with Gasteiger partial charge >= 0.3 is 0 Å². The second-order valence-corrected chi connectivity index (χ2v) is 5.40. The maximum Gasteiger partial charge on any atom is 0.230 e. The van der Waals surface area contributed by atoms with Gasteiger partial charge in [-0.15, -0.1) is 11.3 Å². The minimum atomic E-state index is 0.558. The summed E-state index contributed by atoms with van der Waals surface area (Å²) in [4.78, 5) is 18.9. The van der Waals surface area contributed by atoms with Gasteiger partial charge in [-0.05, 0) is 11.8 Å². The van der Waals surface area contributed by atoms with Crippen LogP contribution in [0.4, 0.5) is 11.9 Å². The van der Waals surface area contributed by atoms with Crippen molar-refractivity contribution < 1.29 is 0 Å². The fraction of sp³-hybridized carbons (Fsp3) is 0.333. The molecule has 0 aliphatic carbocycles. The first-order valence-electron chi connectivity index (χ1n) is 4.87. The van der Waals surface area contributed by atoms with Gasteiger partial charge in [-0.3, -0.25) is 0 Å². The highest BCUT2D eigenvalue weighted by Gasteiger charge is 2.09. The van der Waals surface area contributed by atoms with Crippen molar-refractivity contribution in [2.24, 2.45) is 0 Å². The number of thiazole rings is 1. The number of anilines is 2. The molecule has 90 valence electrons. The predicted octanol–water partition coefficient (Wildman–Crippen LogP) is 1.59. The van der Waals surface area contributed by atoms with Crippen LogP contribution >= 0.6 is 23.1 Å². The molecule has 0 radical (unpaired) electrons.